The van der Waals surface area contributed by atoms with Crippen LogP contribution < -0.4 is 31.6 Å². The number of amides is 2. The topological polar surface area (TPSA) is 244 Å². The lowest BCUT2D eigenvalue weighted by Gasteiger charge is -2.10. The number of nitrogens with one attached hydrogen (secondary N) is 2. The van der Waals surface area contributed by atoms with E-state index >= 15 is 0 Å². The molecule has 0 atom stereocenters. The second kappa shape index (κ2) is 20.4. The molecule has 0 saturated carbocycles. The number of pyridine rings is 5. The molecule has 56 heavy (non-hydrogen) atoms. The second-order valence-electron chi connectivity index (χ2n) is 10.6. The second-order valence-corrected chi connectivity index (χ2v) is 10.6. The van der Waals surface area contributed by atoms with Crippen LogP contribution in [0.1, 0.15) is 50.0 Å². The van der Waals surface area contributed by atoms with Gasteiger partial charge in [-0.25, -0.2) is 48.7 Å². The maximum atomic E-state index is 13.4. The Morgan fingerprint density at radius 2 is 1.38 bits per heavy atom. The molecule has 0 saturated heterocycles. The van der Waals surface area contributed by atoms with Gasteiger partial charge in [-0.1, -0.05) is 19.9 Å². The molecular formula is C37H39F2N13O4. The Balaban J connectivity index is 0.000000375. The number of anilines is 2. The monoisotopic (exact) mass is 767 g/mol. The van der Waals surface area contributed by atoms with Crippen LogP contribution in [-0.2, 0) is 0 Å². The third-order valence-corrected chi connectivity index (χ3v) is 6.51. The minimum absolute atomic E-state index is 0. The molecule has 2 amide bonds. The summed E-state index contributed by atoms with van der Waals surface area (Å²) in [6.07, 6.45) is 12.1. The Morgan fingerprint density at radius 3 is 1.98 bits per heavy atom. The van der Waals surface area contributed by atoms with Gasteiger partial charge in [0.1, 0.15) is 46.8 Å². The number of nitrogens with zero attached hydrogens (tertiary/aromatic N) is 9. The summed E-state index contributed by atoms with van der Waals surface area (Å²) < 4.78 is 37.8. The highest BCUT2D eigenvalue weighted by Crippen LogP contribution is 2.28. The van der Waals surface area contributed by atoms with Crippen LogP contribution in [0.2, 0.25) is 0 Å². The molecule has 0 aromatic carbocycles. The van der Waals surface area contributed by atoms with Crippen molar-refractivity contribution in [2.45, 2.75) is 27.7 Å². The van der Waals surface area contributed by atoms with Crippen LogP contribution in [-0.4, -0.2) is 58.9 Å². The number of carbonyl (C=O) groups is 2. The van der Waals surface area contributed by atoms with Gasteiger partial charge in [0.05, 0.1) is 66.2 Å². The van der Waals surface area contributed by atoms with E-state index in [2.05, 4.69) is 55.5 Å². The summed E-state index contributed by atoms with van der Waals surface area (Å²) in [6, 6.07) is 11.7. The molecule has 6 aromatic heterocycles. The third kappa shape index (κ3) is 12.1. The third-order valence-electron chi connectivity index (χ3n) is 6.51. The van der Waals surface area contributed by atoms with Gasteiger partial charge in [0.15, 0.2) is 17.4 Å². The van der Waals surface area contributed by atoms with Gasteiger partial charge in [-0.15, -0.1) is 0 Å². The van der Waals surface area contributed by atoms with Crippen molar-refractivity contribution >= 4 is 47.3 Å². The molecule has 0 aliphatic rings. The number of ether oxygens (including phenoxy) is 2. The van der Waals surface area contributed by atoms with Crippen molar-refractivity contribution < 1.29 is 30.7 Å². The van der Waals surface area contributed by atoms with E-state index in [1.165, 1.54) is 75.4 Å². The number of aromatic nitrogens is 7. The quantitative estimate of drug-likeness (QED) is 0.0815. The fraction of sp³-hybridized carbons (Fsp3) is 0.108. The van der Waals surface area contributed by atoms with Crippen LogP contribution in [0, 0.1) is 18.6 Å². The summed E-state index contributed by atoms with van der Waals surface area (Å²) in [6.45, 7) is 7.01. The van der Waals surface area contributed by atoms with Gasteiger partial charge < -0.3 is 31.6 Å². The first-order valence-corrected chi connectivity index (χ1v) is 16.5. The van der Waals surface area contributed by atoms with E-state index in [9.17, 15) is 18.4 Å². The summed E-state index contributed by atoms with van der Waals surface area (Å²) in [5.41, 5.74) is 11.3. The van der Waals surface area contributed by atoms with E-state index < -0.39 is 23.4 Å². The first-order chi connectivity index (χ1) is 27.1. The van der Waals surface area contributed by atoms with Crippen LogP contribution in [0.25, 0.3) is 0 Å². The summed E-state index contributed by atoms with van der Waals surface area (Å²) in [7, 11) is 0. The maximum Gasteiger partial charge on any atom is 0.260 e. The first-order valence-electron chi connectivity index (χ1n) is 16.5. The average Bonchev–Trinajstić information content (AvgIpc) is 3.19. The Bertz CT molecular complexity index is 2320. The molecule has 0 unspecified atom stereocenters. The van der Waals surface area contributed by atoms with Gasteiger partial charge in [-0.2, -0.15) is 0 Å². The van der Waals surface area contributed by atoms with Crippen molar-refractivity contribution in [3.8, 4) is 23.0 Å². The van der Waals surface area contributed by atoms with Crippen molar-refractivity contribution in [2.75, 3.05) is 10.6 Å². The smallest absolute Gasteiger partial charge is 0.260 e. The van der Waals surface area contributed by atoms with Crippen LogP contribution in [0.4, 0.5) is 32.1 Å². The molecule has 19 heteroatoms. The van der Waals surface area contributed by atoms with E-state index in [0.29, 0.717) is 17.3 Å². The molecule has 0 aliphatic carbocycles. The molecule has 17 nitrogen and oxygen atoms in total. The van der Waals surface area contributed by atoms with Crippen molar-refractivity contribution in [3.63, 3.8) is 0 Å². The molecular weight excluding hydrogens is 728 g/mol. The van der Waals surface area contributed by atoms with E-state index in [0.717, 1.165) is 18.6 Å². The first kappa shape index (κ1) is 40.9. The normalized spacial score (nSPS) is 10.6. The predicted octanol–water partition coefficient (Wildman–Crippen LogP) is 6.96. The number of aryl methyl sites for hydroxylation is 1. The van der Waals surface area contributed by atoms with Gasteiger partial charge in [-0.3, -0.25) is 14.6 Å². The number of rotatable bonds is 10. The van der Waals surface area contributed by atoms with Crippen LogP contribution in [0.3, 0.4) is 0 Å². The Morgan fingerprint density at radius 1 is 0.768 bits per heavy atom. The number of amidine groups is 1. The molecule has 6 aromatic rings. The molecule has 290 valence electrons. The van der Waals surface area contributed by atoms with Crippen LogP contribution in [0.5, 0.6) is 23.0 Å². The number of hydrogen-bond donors (Lipinski definition) is 4. The van der Waals surface area contributed by atoms with E-state index in [-0.39, 0.29) is 54.5 Å². The maximum absolute atomic E-state index is 13.4. The average molecular weight is 768 g/mol. The minimum Gasteiger partial charge on any atom is -0.454 e. The van der Waals surface area contributed by atoms with E-state index in [1.807, 2.05) is 13.8 Å². The summed E-state index contributed by atoms with van der Waals surface area (Å²) >= 11 is 0. The highest BCUT2D eigenvalue weighted by Gasteiger charge is 2.17. The summed E-state index contributed by atoms with van der Waals surface area (Å²) in [4.78, 5) is 60.8. The minimum atomic E-state index is -0.612. The van der Waals surface area contributed by atoms with E-state index in [1.54, 1.807) is 24.4 Å². The van der Waals surface area contributed by atoms with Crippen LogP contribution >= 0.6 is 0 Å². The molecule has 0 bridgehead atoms. The molecule has 0 fully saturated rings. The molecule has 0 aliphatic heterocycles. The lowest BCUT2D eigenvalue weighted by molar-refractivity contribution is 0.101. The Kier molecular flexibility index (Phi) is 14.9. The lowest BCUT2D eigenvalue weighted by atomic mass is 10.2. The van der Waals surface area contributed by atoms with E-state index in [4.69, 9.17) is 20.9 Å². The Hall–Kier alpha value is -7.83. The van der Waals surface area contributed by atoms with Gasteiger partial charge in [0.25, 0.3) is 11.8 Å². The van der Waals surface area contributed by atoms with Gasteiger partial charge in [-0.05, 0) is 50.2 Å². The van der Waals surface area contributed by atoms with Gasteiger partial charge >= 0.3 is 0 Å². The number of halogens is 2. The highest BCUT2D eigenvalue weighted by molar-refractivity contribution is 6.08. The molecule has 6 rings (SSSR count). The SMILES string of the molecule is C/C(N)=N/c1ncc(Oc2cncc(F)c2)cc1C(=O)Nc1ccc(F)c(C)n1.CC.N/C=N\c1ncc(Oc2cncnc2)cc1C(=O)Nc1ccccn1.[HH].[HH]. The highest BCUT2D eigenvalue weighted by atomic mass is 19.1. The zero-order valence-electron chi connectivity index (χ0n) is 30.4. The molecule has 0 radical (unpaired) electrons. The fourth-order valence-corrected chi connectivity index (χ4v) is 4.23. The lowest BCUT2D eigenvalue weighted by Crippen LogP contribution is -2.15. The number of aliphatic imine (C=N–C) groups is 2. The van der Waals surface area contributed by atoms with Gasteiger partial charge in [0.2, 0.25) is 0 Å². The molecule has 6 N–H and O–H groups in total. The number of nitrogens with two attached hydrogens (primary N) is 2. The number of hydrogen-bond acceptors (Lipinski definition) is 13. The van der Waals surface area contributed by atoms with Crippen molar-refractivity contribution in [1.29, 1.82) is 0 Å². The standard InChI is InChI=1S/C19H16F2N6O2.C16H13N7O2.C2H6.2H2/c1-10-16(21)3-4-17(25-10)27-19(28)15-6-14(9-24-18(15)26-11(2)22)29-13-5-12(20)7-23-8-13;17-9-22-15-13(16(24)23-14-3-1-2-4-20-14)5-11(8-21-15)25-12-6-18-10-19-7-12;1-2;;/h3-9H,1-2H3,(H2,22,24,26)(H,25,27,28);1-10H,(H2,17,21,22)(H,20,23,24);1-2H3;2*1H. The molecule has 6 heterocycles. The van der Waals surface area contributed by atoms with Crippen molar-refractivity contribution in [2.24, 2.45) is 21.5 Å². The Labute approximate surface area is 322 Å². The summed E-state index contributed by atoms with van der Waals surface area (Å²) in [5, 5.41) is 5.21. The number of carbonyl (C=O) groups excluding carboxylic acids is 2. The van der Waals surface area contributed by atoms with Crippen molar-refractivity contribution in [1.82, 2.24) is 34.9 Å². The summed E-state index contributed by atoms with van der Waals surface area (Å²) in [5.74, 6) is -0.165. The molecule has 0 spiro atoms. The zero-order chi connectivity index (χ0) is 40.5. The predicted molar refractivity (Wildman–Crippen MR) is 209 cm³/mol. The fourth-order valence-electron chi connectivity index (χ4n) is 4.23. The van der Waals surface area contributed by atoms with Crippen LogP contribution in [0.15, 0.2) is 108 Å². The van der Waals surface area contributed by atoms with Crippen molar-refractivity contribution in [3.05, 3.63) is 127 Å². The van der Waals surface area contributed by atoms with Gasteiger partial charge in [0, 0.05) is 15.1 Å². The largest absolute Gasteiger partial charge is 0.454 e. The zero-order valence-corrected chi connectivity index (χ0v) is 30.4.